The minimum absolute atomic E-state index is 0.100. The molecule has 1 aliphatic heterocycles. The topological polar surface area (TPSA) is 94.9 Å². The van der Waals surface area contributed by atoms with Crippen molar-refractivity contribution in [3.63, 3.8) is 0 Å². The van der Waals surface area contributed by atoms with Gasteiger partial charge >= 0.3 is 0 Å². The van der Waals surface area contributed by atoms with E-state index in [1.165, 1.54) is 4.68 Å². The molecular formula is C24H25N7O. The van der Waals surface area contributed by atoms with Crippen molar-refractivity contribution in [1.82, 2.24) is 24.3 Å². The molecule has 2 N–H and O–H groups in total. The summed E-state index contributed by atoms with van der Waals surface area (Å²) in [6.07, 6.45) is 5.48. The number of fused-ring (bicyclic) bond motifs is 2. The molecule has 32 heavy (non-hydrogen) atoms. The summed E-state index contributed by atoms with van der Waals surface area (Å²) in [5.74, 6) is 6.74. The van der Waals surface area contributed by atoms with Crippen molar-refractivity contribution in [3.05, 3.63) is 58.8 Å². The summed E-state index contributed by atoms with van der Waals surface area (Å²) in [5.41, 5.74) is 7.86. The van der Waals surface area contributed by atoms with Crippen LogP contribution in [-0.4, -0.2) is 43.4 Å². The molecule has 0 bridgehead atoms. The summed E-state index contributed by atoms with van der Waals surface area (Å²) in [7, 11) is 0. The number of hydrogen-bond acceptors (Lipinski definition) is 6. The molecule has 1 saturated heterocycles. The molecule has 0 aliphatic carbocycles. The first kappa shape index (κ1) is 20.2. The summed E-state index contributed by atoms with van der Waals surface area (Å²) in [6.45, 7) is 4.04. The first-order valence-corrected chi connectivity index (χ1v) is 10.8. The van der Waals surface area contributed by atoms with Gasteiger partial charge in [-0.05, 0) is 31.2 Å². The lowest BCUT2D eigenvalue weighted by atomic mass is 10.1. The van der Waals surface area contributed by atoms with Crippen LogP contribution in [0.15, 0.2) is 47.5 Å². The van der Waals surface area contributed by atoms with E-state index in [4.69, 9.17) is 10.7 Å². The highest BCUT2D eigenvalue weighted by Crippen LogP contribution is 2.23. The van der Waals surface area contributed by atoms with Gasteiger partial charge in [-0.2, -0.15) is 5.10 Å². The summed E-state index contributed by atoms with van der Waals surface area (Å²) in [4.78, 5) is 24.9. The molecule has 1 aromatic carbocycles. The summed E-state index contributed by atoms with van der Waals surface area (Å²) < 4.78 is 3.35. The zero-order valence-corrected chi connectivity index (χ0v) is 18.0. The van der Waals surface area contributed by atoms with Crippen LogP contribution in [0.1, 0.15) is 25.5 Å². The Morgan fingerprint density at radius 3 is 2.88 bits per heavy atom. The number of nitrogens with two attached hydrogens (primary N) is 1. The van der Waals surface area contributed by atoms with E-state index in [0.29, 0.717) is 24.1 Å². The van der Waals surface area contributed by atoms with Crippen molar-refractivity contribution < 1.29 is 0 Å². The quantitative estimate of drug-likeness (QED) is 0.502. The fourth-order valence-electron chi connectivity index (χ4n) is 4.30. The predicted octanol–water partition coefficient (Wildman–Crippen LogP) is 2.14. The average Bonchev–Trinajstić information content (AvgIpc) is 3.19. The van der Waals surface area contributed by atoms with Gasteiger partial charge in [0, 0.05) is 30.7 Å². The molecule has 5 rings (SSSR count). The summed E-state index contributed by atoms with van der Waals surface area (Å²) >= 11 is 0. The smallest absolute Gasteiger partial charge is 0.293 e. The zero-order chi connectivity index (χ0) is 22.1. The average molecular weight is 428 g/mol. The molecule has 0 saturated carbocycles. The number of anilines is 1. The number of benzene rings is 1. The number of pyridine rings is 1. The summed E-state index contributed by atoms with van der Waals surface area (Å²) in [5, 5.41) is 6.53. The monoisotopic (exact) mass is 427 g/mol. The van der Waals surface area contributed by atoms with Gasteiger partial charge in [0.1, 0.15) is 11.0 Å². The standard InChI is InChI=1S/C24H25N7O/c1-2-3-11-30-22-21(28-24(30)29-10-6-9-19(25)15-29)14-27-31(23(22)32)16-20-12-17-7-4-5-8-18(17)13-26-20/h4-5,7-8,12-14,19H,6,9-11,15-16,25H2,1H3/t19-/m1/s1. The highest BCUT2D eigenvalue weighted by Gasteiger charge is 2.24. The lowest BCUT2D eigenvalue weighted by molar-refractivity contribution is 0.496. The summed E-state index contributed by atoms with van der Waals surface area (Å²) in [6, 6.07) is 10.1. The first-order chi connectivity index (χ1) is 15.6. The molecule has 8 heteroatoms. The van der Waals surface area contributed by atoms with Crippen molar-refractivity contribution in [2.75, 3.05) is 18.0 Å². The highest BCUT2D eigenvalue weighted by atomic mass is 16.1. The van der Waals surface area contributed by atoms with Crippen LogP contribution in [0, 0.1) is 11.8 Å². The molecule has 0 unspecified atom stereocenters. The van der Waals surface area contributed by atoms with Gasteiger partial charge in [0.15, 0.2) is 0 Å². The Balaban J connectivity index is 1.58. The fraction of sp³-hybridized carbons (Fsp3) is 0.333. The maximum atomic E-state index is 13.5. The van der Waals surface area contributed by atoms with Crippen molar-refractivity contribution in [2.24, 2.45) is 5.73 Å². The van der Waals surface area contributed by atoms with Crippen LogP contribution in [-0.2, 0) is 13.1 Å². The van der Waals surface area contributed by atoms with Gasteiger partial charge in [-0.15, -0.1) is 5.92 Å². The highest BCUT2D eigenvalue weighted by molar-refractivity contribution is 5.81. The van der Waals surface area contributed by atoms with E-state index in [-0.39, 0.29) is 18.1 Å². The molecule has 4 aromatic rings. The van der Waals surface area contributed by atoms with Gasteiger partial charge in [-0.1, -0.05) is 30.2 Å². The van der Waals surface area contributed by atoms with E-state index in [0.717, 1.165) is 41.8 Å². The van der Waals surface area contributed by atoms with Gasteiger partial charge in [-0.25, -0.2) is 9.67 Å². The molecular weight excluding hydrogens is 402 g/mol. The van der Waals surface area contributed by atoms with Crippen LogP contribution in [0.25, 0.3) is 21.8 Å². The van der Waals surface area contributed by atoms with Gasteiger partial charge in [0.05, 0.1) is 25.0 Å². The Kier molecular flexibility index (Phi) is 5.33. The van der Waals surface area contributed by atoms with Crippen molar-refractivity contribution in [1.29, 1.82) is 0 Å². The van der Waals surface area contributed by atoms with Crippen molar-refractivity contribution in [2.45, 2.75) is 38.9 Å². The third kappa shape index (κ3) is 3.72. The largest absolute Gasteiger partial charge is 0.341 e. The lowest BCUT2D eigenvalue weighted by Gasteiger charge is -2.31. The number of aromatic nitrogens is 5. The van der Waals surface area contributed by atoms with E-state index < -0.39 is 0 Å². The lowest BCUT2D eigenvalue weighted by Crippen LogP contribution is -2.44. The SMILES string of the molecule is CC#CCn1c(N2CCC[C@@H](N)C2)nc2cnn(Cc3cc4ccccc4cn3)c(=O)c21. The predicted molar refractivity (Wildman–Crippen MR) is 126 cm³/mol. The molecule has 0 amide bonds. The van der Waals surface area contributed by atoms with E-state index in [2.05, 4.69) is 26.8 Å². The van der Waals surface area contributed by atoms with E-state index in [1.54, 1.807) is 13.1 Å². The molecule has 8 nitrogen and oxygen atoms in total. The molecule has 3 aromatic heterocycles. The minimum Gasteiger partial charge on any atom is -0.341 e. The van der Waals surface area contributed by atoms with Crippen LogP contribution < -0.4 is 16.2 Å². The maximum Gasteiger partial charge on any atom is 0.293 e. The third-order valence-electron chi connectivity index (χ3n) is 5.88. The molecule has 1 atom stereocenters. The third-order valence-corrected chi connectivity index (χ3v) is 5.88. The van der Waals surface area contributed by atoms with E-state index in [1.807, 2.05) is 41.1 Å². The minimum atomic E-state index is -0.199. The number of hydrogen-bond donors (Lipinski definition) is 1. The van der Waals surface area contributed by atoms with Crippen molar-refractivity contribution >= 4 is 27.8 Å². The molecule has 162 valence electrons. The Bertz CT molecular complexity index is 1410. The van der Waals surface area contributed by atoms with Crippen LogP contribution >= 0.6 is 0 Å². The normalized spacial score (nSPS) is 16.3. The van der Waals surface area contributed by atoms with Gasteiger partial charge < -0.3 is 10.6 Å². The number of imidazole rings is 1. The van der Waals surface area contributed by atoms with Gasteiger partial charge in [-0.3, -0.25) is 14.3 Å². The van der Waals surface area contributed by atoms with Crippen molar-refractivity contribution in [3.8, 4) is 11.8 Å². The molecule has 1 aliphatic rings. The Morgan fingerprint density at radius 1 is 1.22 bits per heavy atom. The van der Waals surface area contributed by atoms with Crippen LogP contribution in [0.2, 0.25) is 0 Å². The fourth-order valence-corrected chi connectivity index (χ4v) is 4.30. The Hall–Kier alpha value is -3.70. The van der Waals surface area contributed by atoms with E-state index >= 15 is 0 Å². The first-order valence-electron chi connectivity index (χ1n) is 10.8. The number of piperidine rings is 1. The molecule has 0 radical (unpaired) electrons. The zero-order valence-electron chi connectivity index (χ0n) is 18.0. The van der Waals surface area contributed by atoms with Crippen LogP contribution in [0.5, 0.6) is 0 Å². The maximum absolute atomic E-state index is 13.5. The van der Waals surface area contributed by atoms with Gasteiger partial charge in [0.2, 0.25) is 5.95 Å². The second kappa shape index (κ2) is 8.44. The Labute approximate surface area is 185 Å². The number of nitrogens with zero attached hydrogens (tertiary/aromatic N) is 6. The molecule has 4 heterocycles. The molecule has 1 fully saturated rings. The van der Waals surface area contributed by atoms with E-state index in [9.17, 15) is 4.79 Å². The second-order valence-corrected chi connectivity index (χ2v) is 8.14. The van der Waals surface area contributed by atoms with Crippen LogP contribution in [0.4, 0.5) is 5.95 Å². The second-order valence-electron chi connectivity index (χ2n) is 8.14. The number of rotatable bonds is 4. The Morgan fingerprint density at radius 2 is 2.06 bits per heavy atom. The van der Waals surface area contributed by atoms with Gasteiger partial charge in [0.25, 0.3) is 5.56 Å². The molecule has 0 spiro atoms. The van der Waals surface area contributed by atoms with Crippen LogP contribution in [0.3, 0.4) is 0 Å².